The number of rotatable bonds is 45. The standard InChI is InChI=1S/C50H94NO14P/c1-4-7-10-13-16-19-21-24-27-30-33-36-43(53)51-47-49(48(65-66(58,59)60)42(39-52)63-50(47)61-40-44(54)55)64-46(57)38-41(35-32-29-26-23-18-15-12-9-6-3)62-45(56)37-34-31-28-25-22-20-17-14-11-8-5-2/h41-42,47-50,52H,4-40H2,1-3H3,(H,51,53)(H,54,55)(H2,58,59,60)/t41-,42-,47-,48-,49-,50+/m1/s1. The Kier molecular flexibility index (Phi) is 38.2. The zero-order valence-electron chi connectivity index (χ0n) is 41.4. The van der Waals surface area contributed by atoms with Crippen molar-refractivity contribution in [3.63, 3.8) is 0 Å². The van der Waals surface area contributed by atoms with Crippen LogP contribution in [0, 0.1) is 0 Å². The molecule has 0 unspecified atom stereocenters. The summed E-state index contributed by atoms with van der Waals surface area (Å²) in [5.74, 6) is -3.23. The molecule has 0 aromatic rings. The molecule has 1 aliphatic rings. The van der Waals surface area contributed by atoms with Crippen molar-refractivity contribution < 1.29 is 67.2 Å². The van der Waals surface area contributed by atoms with Crippen LogP contribution in [-0.2, 0) is 47.2 Å². The molecule has 0 aromatic heterocycles. The van der Waals surface area contributed by atoms with E-state index in [1.807, 2.05) is 0 Å². The highest BCUT2D eigenvalue weighted by molar-refractivity contribution is 7.46. The second kappa shape index (κ2) is 40.7. The van der Waals surface area contributed by atoms with Crippen molar-refractivity contribution in [1.29, 1.82) is 0 Å². The van der Waals surface area contributed by atoms with Gasteiger partial charge in [0.25, 0.3) is 0 Å². The molecule has 6 atom stereocenters. The highest BCUT2D eigenvalue weighted by Crippen LogP contribution is 2.42. The lowest BCUT2D eigenvalue weighted by molar-refractivity contribution is -0.270. The number of phosphoric ester groups is 1. The lowest BCUT2D eigenvalue weighted by Gasteiger charge is -2.45. The Hall–Kier alpha value is -2.13. The van der Waals surface area contributed by atoms with E-state index in [9.17, 15) is 43.7 Å². The number of carboxylic acids is 1. The summed E-state index contributed by atoms with van der Waals surface area (Å²) in [5, 5.41) is 22.4. The van der Waals surface area contributed by atoms with Crippen molar-refractivity contribution in [2.75, 3.05) is 13.2 Å². The number of aliphatic carboxylic acids is 1. The molecule has 0 saturated carbocycles. The van der Waals surface area contributed by atoms with Crippen molar-refractivity contribution in [1.82, 2.24) is 5.32 Å². The van der Waals surface area contributed by atoms with Crippen LogP contribution in [0.2, 0.25) is 0 Å². The fourth-order valence-electron chi connectivity index (χ4n) is 8.58. The third kappa shape index (κ3) is 33.4. The maximum atomic E-state index is 13.9. The smallest absolute Gasteiger partial charge is 0.470 e. The van der Waals surface area contributed by atoms with Gasteiger partial charge in [0.1, 0.15) is 31.0 Å². The van der Waals surface area contributed by atoms with Gasteiger partial charge in [-0.1, -0.05) is 201 Å². The molecule has 16 heteroatoms. The van der Waals surface area contributed by atoms with Crippen LogP contribution >= 0.6 is 7.82 Å². The molecule has 5 N–H and O–H groups in total. The van der Waals surface area contributed by atoms with Gasteiger partial charge in [-0.2, -0.15) is 0 Å². The second-order valence-corrected chi connectivity index (χ2v) is 19.7. The number of nitrogens with one attached hydrogen (secondary N) is 1. The van der Waals surface area contributed by atoms with E-state index < -0.39 is 88.0 Å². The van der Waals surface area contributed by atoms with Crippen molar-refractivity contribution in [3.05, 3.63) is 0 Å². The Morgan fingerprint density at radius 3 is 1.44 bits per heavy atom. The predicted octanol–water partition coefficient (Wildman–Crippen LogP) is 11.3. The number of ether oxygens (including phenoxy) is 4. The number of hydrogen-bond acceptors (Lipinski definition) is 11. The second-order valence-electron chi connectivity index (χ2n) is 18.5. The molecule has 15 nitrogen and oxygen atoms in total. The number of carbonyl (C=O) groups excluding carboxylic acids is 3. The van der Waals surface area contributed by atoms with Gasteiger partial charge in [0.15, 0.2) is 12.4 Å². The minimum atomic E-state index is -5.32. The van der Waals surface area contributed by atoms with E-state index in [0.717, 1.165) is 70.6 Å². The van der Waals surface area contributed by atoms with Crippen LogP contribution in [0.4, 0.5) is 0 Å². The average Bonchev–Trinajstić information content (AvgIpc) is 3.26. The Labute approximate surface area is 398 Å². The topological polar surface area (TPSA) is 224 Å². The number of carboxylic acid groups (broad SMARTS) is 1. The summed E-state index contributed by atoms with van der Waals surface area (Å²) in [6.07, 6.45) is 26.6. The molecule has 1 fully saturated rings. The Morgan fingerprint density at radius 1 is 0.591 bits per heavy atom. The molecule has 0 radical (unpaired) electrons. The Balaban J connectivity index is 3.08. The predicted molar refractivity (Wildman–Crippen MR) is 257 cm³/mol. The average molecular weight is 964 g/mol. The number of hydrogen-bond donors (Lipinski definition) is 5. The number of aliphatic hydroxyl groups excluding tert-OH is 1. The van der Waals surface area contributed by atoms with E-state index in [4.69, 9.17) is 23.5 Å². The van der Waals surface area contributed by atoms with Gasteiger partial charge in [-0.05, 0) is 25.7 Å². The van der Waals surface area contributed by atoms with Gasteiger partial charge < -0.3 is 44.3 Å². The fourth-order valence-corrected chi connectivity index (χ4v) is 9.16. The molecule has 1 saturated heterocycles. The Morgan fingerprint density at radius 2 is 1.02 bits per heavy atom. The van der Waals surface area contributed by atoms with E-state index in [0.29, 0.717) is 25.7 Å². The SMILES string of the molecule is CCCCCCCCCCCCCC(=O)N[C@H]1[C@@H](OCC(=O)O)O[C@H](CO)[C@@H](OP(=O)(O)O)[C@@H]1OC(=O)C[C@@H](CCCCCCCCCCC)OC(=O)CCCCCCCCCCCCC. The van der Waals surface area contributed by atoms with Gasteiger partial charge in [-0.25, -0.2) is 9.36 Å². The van der Waals surface area contributed by atoms with Crippen molar-refractivity contribution in [2.45, 2.75) is 282 Å². The third-order valence-electron chi connectivity index (χ3n) is 12.4. The molecule has 0 aromatic carbocycles. The van der Waals surface area contributed by atoms with Crippen LogP contribution in [0.3, 0.4) is 0 Å². The van der Waals surface area contributed by atoms with E-state index >= 15 is 0 Å². The zero-order chi connectivity index (χ0) is 48.7. The number of amides is 1. The van der Waals surface area contributed by atoms with Crippen LogP contribution in [-0.4, -0.2) is 93.8 Å². The molecule has 1 heterocycles. The largest absolute Gasteiger partial charge is 0.480 e. The molecule has 66 heavy (non-hydrogen) atoms. The zero-order valence-corrected chi connectivity index (χ0v) is 42.3. The summed E-state index contributed by atoms with van der Waals surface area (Å²) in [7, 11) is -5.32. The van der Waals surface area contributed by atoms with Crippen molar-refractivity contribution in [3.8, 4) is 0 Å². The summed E-state index contributed by atoms with van der Waals surface area (Å²) in [6.45, 7) is 4.82. The first-order chi connectivity index (χ1) is 31.8. The van der Waals surface area contributed by atoms with Crippen LogP contribution in [0.1, 0.15) is 245 Å². The normalized spacial score (nSPS) is 19.1. The molecule has 1 rings (SSSR count). The summed E-state index contributed by atoms with van der Waals surface area (Å²) >= 11 is 0. The van der Waals surface area contributed by atoms with Crippen LogP contribution in [0.15, 0.2) is 0 Å². The van der Waals surface area contributed by atoms with Crippen LogP contribution < -0.4 is 5.32 Å². The molecule has 1 amide bonds. The number of esters is 2. The minimum absolute atomic E-state index is 0.0587. The van der Waals surface area contributed by atoms with E-state index in [1.54, 1.807) is 0 Å². The highest BCUT2D eigenvalue weighted by atomic mass is 31.2. The number of aliphatic hydroxyl groups is 1. The summed E-state index contributed by atoms with van der Waals surface area (Å²) in [6, 6.07) is -1.49. The lowest BCUT2D eigenvalue weighted by atomic mass is 9.96. The van der Waals surface area contributed by atoms with Gasteiger partial charge in [-0.3, -0.25) is 18.9 Å². The van der Waals surface area contributed by atoms with E-state index in [1.165, 1.54) is 109 Å². The monoisotopic (exact) mass is 964 g/mol. The highest BCUT2D eigenvalue weighted by Gasteiger charge is 2.52. The van der Waals surface area contributed by atoms with E-state index in [-0.39, 0.29) is 12.8 Å². The van der Waals surface area contributed by atoms with Crippen molar-refractivity contribution >= 4 is 31.6 Å². The summed E-state index contributed by atoms with van der Waals surface area (Å²) in [4.78, 5) is 71.9. The lowest BCUT2D eigenvalue weighted by Crippen LogP contribution is -2.66. The molecular weight excluding hydrogens is 870 g/mol. The first-order valence-electron chi connectivity index (χ1n) is 26.4. The maximum Gasteiger partial charge on any atom is 0.470 e. The Bertz CT molecular complexity index is 1280. The summed E-state index contributed by atoms with van der Waals surface area (Å²) in [5.41, 5.74) is 0. The third-order valence-corrected chi connectivity index (χ3v) is 12.9. The first kappa shape index (κ1) is 61.9. The fraction of sp³-hybridized carbons (Fsp3) is 0.920. The van der Waals surface area contributed by atoms with Crippen LogP contribution in [0.5, 0.6) is 0 Å². The van der Waals surface area contributed by atoms with Crippen LogP contribution in [0.25, 0.3) is 0 Å². The minimum Gasteiger partial charge on any atom is -0.480 e. The molecule has 1 aliphatic heterocycles. The first-order valence-corrected chi connectivity index (χ1v) is 27.9. The number of unbranched alkanes of at least 4 members (excludes halogenated alkanes) is 28. The molecule has 0 spiro atoms. The van der Waals surface area contributed by atoms with Gasteiger partial charge in [-0.15, -0.1) is 0 Å². The molecule has 0 aliphatic carbocycles. The van der Waals surface area contributed by atoms with Crippen molar-refractivity contribution in [2.24, 2.45) is 0 Å². The maximum absolute atomic E-state index is 13.9. The van der Waals surface area contributed by atoms with E-state index in [2.05, 4.69) is 26.1 Å². The molecule has 0 bridgehead atoms. The van der Waals surface area contributed by atoms with Gasteiger partial charge in [0, 0.05) is 12.8 Å². The van der Waals surface area contributed by atoms with Gasteiger partial charge in [0.05, 0.1) is 13.0 Å². The quantitative estimate of drug-likeness (QED) is 0.0218. The van der Waals surface area contributed by atoms with Gasteiger partial charge in [0.2, 0.25) is 5.91 Å². The molecule has 388 valence electrons. The van der Waals surface area contributed by atoms with Gasteiger partial charge >= 0.3 is 25.7 Å². The number of phosphoric acid groups is 1. The number of carbonyl (C=O) groups is 4. The summed E-state index contributed by atoms with van der Waals surface area (Å²) < 4.78 is 40.3. The molecular formula is C50H94NO14P.